The molecule has 0 radical (unpaired) electrons. The van der Waals surface area contributed by atoms with Gasteiger partial charge in [-0.15, -0.1) is 0 Å². The summed E-state index contributed by atoms with van der Waals surface area (Å²) in [6.07, 6.45) is 3.02. The first-order chi connectivity index (χ1) is 5.65. The second kappa shape index (κ2) is 3.57. The largest absolute Gasteiger partial charge is 0.318 e. The Kier molecular flexibility index (Phi) is 2.69. The lowest BCUT2D eigenvalue weighted by molar-refractivity contribution is 0.712. The minimum atomic E-state index is 0.0575. The molecule has 0 aliphatic heterocycles. The van der Waals surface area contributed by atoms with E-state index in [-0.39, 0.29) is 5.56 Å². The lowest BCUT2D eigenvalue weighted by atomic mass is 10.0. The van der Waals surface area contributed by atoms with Gasteiger partial charge in [0.15, 0.2) is 0 Å². The fourth-order valence-corrected chi connectivity index (χ4v) is 1.14. The number of aryl methyl sites for hydroxylation is 1. The van der Waals surface area contributed by atoms with E-state index in [4.69, 9.17) is 0 Å². The average molecular weight is 165 g/mol. The summed E-state index contributed by atoms with van der Waals surface area (Å²) in [6.45, 7) is 4.32. The summed E-state index contributed by atoms with van der Waals surface area (Å²) in [5.74, 6) is 0.539. The fourth-order valence-electron chi connectivity index (χ4n) is 1.14. The van der Waals surface area contributed by atoms with Crippen LogP contribution < -0.4 is 5.56 Å². The molecule has 1 aromatic heterocycles. The van der Waals surface area contributed by atoms with E-state index in [1.807, 2.05) is 12.3 Å². The summed E-state index contributed by atoms with van der Waals surface area (Å²) >= 11 is 0. The minimum absolute atomic E-state index is 0.0575. The Morgan fingerprint density at radius 2 is 2.17 bits per heavy atom. The molecule has 0 unspecified atom stereocenters. The molecule has 0 saturated carbocycles. The molecule has 0 fully saturated rings. The molecular formula is C10H15NO. The van der Waals surface area contributed by atoms with E-state index in [1.54, 1.807) is 17.7 Å². The minimum Gasteiger partial charge on any atom is -0.318 e. The Morgan fingerprint density at radius 1 is 1.50 bits per heavy atom. The quantitative estimate of drug-likeness (QED) is 0.656. The van der Waals surface area contributed by atoms with Crippen LogP contribution in [0, 0.1) is 0 Å². The monoisotopic (exact) mass is 165 g/mol. The maximum atomic E-state index is 11.0. The molecule has 0 aromatic carbocycles. The van der Waals surface area contributed by atoms with Gasteiger partial charge in [0, 0.05) is 19.3 Å². The summed E-state index contributed by atoms with van der Waals surface area (Å²) < 4.78 is 1.63. The number of pyridine rings is 1. The number of nitrogens with zero attached hydrogens (tertiary/aromatic N) is 1. The summed E-state index contributed by atoms with van der Waals surface area (Å²) in [7, 11) is 1.79. The van der Waals surface area contributed by atoms with Gasteiger partial charge < -0.3 is 4.57 Å². The smallest absolute Gasteiger partial charge is 0.250 e. The molecule has 1 rings (SSSR count). The molecule has 0 saturated heterocycles. The lowest BCUT2D eigenvalue weighted by Crippen LogP contribution is -2.15. The maximum Gasteiger partial charge on any atom is 0.250 e. The molecule has 0 spiro atoms. The van der Waals surface area contributed by atoms with Crippen LogP contribution in [0.4, 0.5) is 0 Å². The Morgan fingerprint density at radius 3 is 2.67 bits per heavy atom. The van der Waals surface area contributed by atoms with E-state index in [2.05, 4.69) is 13.8 Å². The Bertz CT molecular complexity index is 314. The van der Waals surface area contributed by atoms with Crippen LogP contribution in [0.15, 0.2) is 23.1 Å². The zero-order valence-electron chi connectivity index (χ0n) is 7.87. The van der Waals surface area contributed by atoms with Crippen molar-refractivity contribution in [3.8, 4) is 0 Å². The van der Waals surface area contributed by atoms with Crippen LogP contribution >= 0.6 is 0 Å². The number of aromatic nitrogens is 1. The molecule has 0 bridgehead atoms. The van der Waals surface area contributed by atoms with Crippen LogP contribution in [0.5, 0.6) is 0 Å². The van der Waals surface area contributed by atoms with E-state index >= 15 is 0 Å². The van der Waals surface area contributed by atoms with Crippen LogP contribution in [0.1, 0.15) is 31.7 Å². The van der Waals surface area contributed by atoms with Crippen molar-refractivity contribution in [3.05, 3.63) is 34.2 Å². The van der Waals surface area contributed by atoms with Gasteiger partial charge in [0.05, 0.1) is 0 Å². The molecule has 1 aromatic rings. The predicted molar refractivity (Wildman–Crippen MR) is 50.4 cm³/mol. The SMILES string of the molecule is CC[C@@H](C)c1ccc(=O)n(C)c1. The van der Waals surface area contributed by atoms with Crippen molar-refractivity contribution in [2.75, 3.05) is 0 Å². The van der Waals surface area contributed by atoms with Crippen molar-refractivity contribution >= 4 is 0 Å². The van der Waals surface area contributed by atoms with Gasteiger partial charge in [-0.25, -0.2) is 0 Å². The van der Waals surface area contributed by atoms with E-state index in [0.29, 0.717) is 5.92 Å². The summed E-state index contributed by atoms with van der Waals surface area (Å²) in [5.41, 5.74) is 1.29. The number of hydrogen-bond acceptors (Lipinski definition) is 1. The van der Waals surface area contributed by atoms with E-state index in [9.17, 15) is 4.79 Å². The molecule has 1 atom stereocenters. The average Bonchev–Trinajstić information content (AvgIpc) is 2.08. The Balaban J connectivity index is 3.04. The van der Waals surface area contributed by atoms with Gasteiger partial charge in [-0.2, -0.15) is 0 Å². The molecule has 12 heavy (non-hydrogen) atoms. The van der Waals surface area contributed by atoms with Crippen molar-refractivity contribution in [1.29, 1.82) is 0 Å². The lowest BCUT2D eigenvalue weighted by Gasteiger charge is -2.09. The van der Waals surface area contributed by atoms with E-state index < -0.39 is 0 Å². The highest BCUT2D eigenvalue weighted by Crippen LogP contribution is 2.15. The molecule has 0 amide bonds. The first kappa shape index (κ1) is 9.04. The van der Waals surface area contributed by atoms with Crippen LogP contribution in [0.25, 0.3) is 0 Å². The molecular weight excluding hydrogens is 150 g/mol. The molecule has 0 N–H and O–H groups in total. The van der Waals surface area contributed by atoms with Gasteiger partial charge in [0.25, 0.3) is 0 Å². The molecule has 2 heteroatoms. The van der Waals surface area contributed by atoms with Crippen molar-refractivity contribution in [2.45, 2.75) is 26.2 Å². The van der Waals surface area contributed by atoms with Crippen LogP contribution in [0.3, 0.4) is 0 Å². The summed E-state index contributed by atoms with van der Waals surface area (Å²) in [6, 6.07) is 3.54. The Labute approximate surface area is 72.8 Å². The van der Waals surface area contributed by atoms with Gasteiger partial charge in [-0.1, -0.05) is 19.9 Å². The highest BCUT2D eigenvalue weighted by Gasteiger charge is 2.02. The van der Waals surface area contributed by atoms with Gasteiger partial charge in [0.2, 0.25) is 5.56 Å². The van der Waals surface area contributed by atoms with Crippen LogP contribution in [-0.2, 0) is 7.05 Å². The third kappa shape index (κ3) is 1.76. The second-order valence-electron chi connectivity index (χ2n) is 3.22. The number of hydrogen-bond donors (Lipinski definition) is 0. The van der Waals surface area contributed by atoms with Gasteiger partial charge >= 0.3 is 0 Å². The number of rotatable bonds is 2. The van der Waals surface area contributed by atoms with Crippen LogP contribution in [0.2, 0.25) is 0 Å². The molecule has 66 valence electrons. The normalized spacial score (nSPS) is 12.9. The maximum absolute atomic E-state index is 11.0. The Hall–Kier alpha value is -1.05. The topological polar surface area (TPSA) is 22.0 Å². The molecule has 0 aliphatic rings. The van der Waals surface area contributed by atoms with Gasteiger partial charge in [-0.3, -0.25) is 4.79 Å². The highest BCUT2D eigenvalue weighted by atomic mass is 16.1. The van der Waals surface area contributed by atoms with Crippen LogP contribution in [-0.4, -0.2) is 4.57 Å². The van der Waals surface area contributed by atoms with Gasteiger partial charge in [-0.05, 0) is 17.9 Å². The van der Waals surface area contributed by atoms with Crippen molar-refractivity contribution in [1.82, 2.24) is 4.57 Å². The second-order valence-corrected chi connectivity index (χ2v) is 3.22. The van der Waals surface area contributed by atoms with E-state index in [0.717, 1.165) is 6.42 Å². The summed E-state index contributed by atoms with van der Waals surface area (Å²) in [5, 5.41) is 0. The molecule has 0 aliphatic carbocycles. The van der Waals surface area contributed by atoms with E-state index in [1.165, 1.54) is 5.56 Å². The van der Waals surface area contributed by atoms with Gasteiger partial charge in [0.1, 0.15) is 0 Å². The zero-order chi connectivity index (χ0) is 9.14. The first-order valence-electron chi connectivity index (χ1n) is 4.31. The standard InChI is InChI=1S/C10H15NO/c1-4-8(2)9-5-6-10(12)11(3)7-9/h5-8H,4H2,1-3H3/t8-/m1/s1. The predicted octanol–water partition coefficient (Wildman–Crippen LogP) is 1.90. The highest BCUT2D eigenvalue weighted by molar-refractivity contribution is 5.14. The molecule has 1 heterocycles. The fraction of sp³-hybridized carbons (Fsp3) is 0.500. The van der Waals surface area contributed by atoms with Crippen molar-refractivity contribution in [3.63, 3.8) is 0 Å². The zero-order valence-corrected chi connectivity index (χ0v) is 7.87. The van der Waals surface area contributed by atoms with Crippen molar-refractivity contribution < 1.29 is 0 Å². The third-order valence-electron chi connectivity index (χ3n) is 2.29. The van der Waals surface area contributed by atoms with Crippen molar-refractivity contribution in [2.24, 2.45) is 7.05 Å². The third-order valence-corrected chi connectivity index (χ3v) is 2.29. The molecule has 2 nitrogen and oxygen atoms in total. The first-order valence-corrected chi connectivity index (χ1v) is 4.31. The summed E-state index contributed by atoms with van der Waals surface area (Å²) in [4.78, 5) is 11.0.